The Balaban J connectivity index is 2.10. The third-order valence-corrected chi connectivity index (χ3v) is 4.52. The van der Waals surface area contributed by atoms with Gasteiger partial charge in [-0.3, -0.25) is 0 Å². The van der Waals surface area contributed by atoms with E-state index >= 15 is 0 Å². The standard InChI is InChI=1S/C15H22O4/c1-3-4-5-11-6-8-15(9-7-11)12(13(16)17)10(2)14(18)19-15/h11H,3-9H2,1-2H3,(H,16,17). The Hall–Kier alpha value is -1.32. The van der Waals surface area contributed by atoms with E-state index < -0.39 is 17.5 Å². The minimum absolute atomic E-state index is 0.200. The lowest BCUT2D eigenvalue weighted by molar-refractivity contribution is -0.151. The molecule has 1 fully saturated rings. The zero-order valence-corrected chi connectivity index (χ0v) is 11.7. The summed E-state index contributed by atoms with van der Waals surface area (Å²) in [5.74, 6) is -0.806. The summed E-state index contributed by atoms with van der Waals surface area (Å²) >= 11 is 0. The van der Waals surface area contributed by atoms with Gasteiger partial charge in [0.1, 0.15) is 5.60 Å². The highest BCUT2D eigenvalue weighted by Gasteiger charge is 2.50. The second-order valence-corrected chi connectivity index (χ2v) is 5.77. The molecular formula is C15H22O4. The molecule has 0 atom stereocenters. The van der Waals surface area contributed by atoms with Gasteiger partial charge in [0.2, 0.25) is 0 Å². The summed E-state index contributed by atoms with van der Waals surface area (Å²) in [6.45, 7) is 3.74. The lowest BCUT2D eigenvalue weighted by atomic mass is 9.73. The van der Waals surface area contributed by atoms with Crippen molar-refractivity contribution in [2.24, 2.45) is 5.92 Å². The van der Waals surface area contributed by atoms with E-state index in [0.717, 1.165) is 12.8 Å². The van der Waals surface area contributed by atoms with Crippen LogP contribution in [-0.2, 0) is 14.3 Å². The number of ether oxygens (including phenoxy) is 1. The van der Waals surface area contributed by atoms with Gasteiger partial charge in [-0.15, -0.1) is 0 Å². The summed E-state index contributed by atoms with van der Waals surface area (Å²) in [4.78, 5) is 23.1. The SMILES string of the molecule is CCCCC1CCC2(CC1)OC(=O)C(C)=C2C(=O)O. The number of carboxylic acid groups (broad SMARTS) is 1. The Bertz CT molecular complexity index is 414. The molecule has 1 aliphatic heterocycles. The number of hydrogen-bond donors (Lipinski definition) is 1. The predicted octanol–water partition coefficient (Wildman–Crippen LogP) is 3.06. The van der Waals surface area contributed by atoms with Gasteiger partial charge in [-0.2, -0.15) is 0 Å². The topological polar surface area (TPSA) is 63.6 Å². The maximum absolute atomic E-state index is 11.7. The van der Waals surface area contributed by atoms with E-state index in [4.69, 9.17) is 4.74 Å². The van der Waals surface area contributed by atoms with Gasteiger partial charge in [0.15, 0.2) is 0 Å². The highest BCUT2D eigenvalue weighted by Crippen LogP contribution is 2.46. The van der Waals surface area contributed by atoms with Crippen LogP contribution in [0, 0.1) is 5.92 Å². The second kappa shape index (κ2) is 5.35. The van der Waals surface area contributed by atoms with Gasteiger partial charge < -0.3 is 9.84 Å². The molecule has 2 aliphatic rings. The molecule has 4 heteroatoms. The highest BCUT2D eigenvalue weighted by atomic mass is 16.6. The normalized spacial score (nSPS) is 30.8. The van der Waals surface area contributed by atoms with Crippen LogP contribution >= 0.6 is 0 Å². The van der Waals surface area contributed by atoms with E-state index in [2.05, 4.69) is 6.92 Å². The van der Waals surface area contributed by atoms with Crippen molar-refractivity contribution >= 4 is 11.9 Å². The minimum Gasteiger partial charge on any atom is -0.478 e. The quantitative estimate of drug-likeness (QED) is 0.794. The predicted molar refractivity (Wildman–Crippen MR) is 70.6 cm³/mol. The molecule has 0 unspecified atom stereocenters. The average Bonchev–Trinajstić information content (AvgIpc) is 2.61. The minimum atomic E-state index is -1.00. The number of rotatable bonds is 4. The first kappa shape index (κ1) is 14.1. The maximum atomic E-state index is 11.7. The summed E-state index contributed by atoms with van der Waals surface area (Å²) in [5, 5.41) is 9.34. The van der Waals surface area contributed by atoms with Crippen molar-refractivity contribution in [2.45, 2.75) is 64.4 Å². The smallest absolute Gasteiger partial charge is 0.336 e. The number of unbranched alkanes of at least 4 members (excludes halogenated alkanes) is 1. The average molecular weight is 266 g/mol. The molecule has 2 rings (SSSR count). The third kappa shape index (κ3) is 2.53. The van der Waals surface area contributed by atoms with Crippen LogP contribution in [0.4, 0.5) is 0 Å². The number of esters is 1. The van der Waals surface area contributed by atoms with Crippen molar-refractivity contribution in [3.63, 3.8) is 0 Å². The molecule has 1 spiro atoms. The Morgan fingerprint density at radius 2 is 2.05 bits per heavy atom. The van der Waals surface area contributed by atoms with Gasteiger partial charge in [0, 0.05) is 5.57 Å². The van der Waals surface area contributed by atoms with Crippen LogP contribution in [0.2, 0.25) is 0 Å². The molecule has 0 bridgehead atoms. The monoisotopic (exact) mass is 266 g/mol. The number of carbonyl (C=O) groups excluding carboxylic acids is 1. The van der Waals surface area contributed by atoms with Crippen molar-refractivity contribution in [2.75, 3.05) is 0 Å². The van der Waals surface area contributed by atoms with Crippen molar-refractivity contribution in [1.82, 2.24) is 0 Å². The van der Waals surface area contributed by atoms with Crippen LogP contribution in [0.15, 0.2) is 11.1 Å². The van der Waals surface area contributed by atoms with E-state index in [-0.39, 0.29) is 11.1 Å². The van der Waals surface area contributed by atoms with Gasteiger partial charge in [-0.25, -0.2) is 9.59 Å². The molecule has 4 nitrogen and oxygen atoms in total. The first-order chi connectivity index (χ1) is 9.00. The van der Waals surface area contributed by atoms with E-state index in [1.165, 1.54) is 19.3 Å². The van der Waals surface area contributed by atoms with Crippen LogP contribution < -0.4 is 0 Å². The number of carboxylic acids is 1. The van der Waals surface area contributed by atoms with Crippen LogP contribution in [0.1, 0.15) is 58.8 Å². The van der Waals surface area contributed by atoms with Gasteiger partial charge >= 0.3 is 11.9 Å². The largest absolute Gasteiger partial charge is 0.478 e. The molecule has 0 saturated heterocycles. The molecule has 0 radical (unpaired) electrons. The summed E-state index contributed by atoms with van der Waals surface area (Å²) in [6, 6.07) is 0. The molecule has 106 valence electrons. The zero-order chi connectivity index (χ0) is 14.0. The molecule has 0 aromatic carbocycles. The maximum Gasteiger partial charge on any atom is 0.336 e. The molecule has 0 aromatic rings. The fraction of sp³-hybridized carbons (Fsp3) is 0.733. The molecule has 1 heterocycles. The van der Waals surface area contributed by atoms with Gasteiger partial charge in [-0.05, 0) is 38.5 Å². The summed E-state index contributed by atoms with van der Waals surface area (Å²) in [7, 11) is 0. The Labute approximate surface area is 113 Å². The zero-order valence-electron chi connectivity index (χ0n) is 11.7. The lowest BCUT2D eigenvalue weighted by Crippen LogP contribution is -2.39. The number of carbonyl (C=O) groups is 2. The first-order valence-electron chi connectivity index (χ1n) is 7.18. The molecule has 19 heavy (non-hydrogen) atoms. The third-order valence-electron chi connectivity index (χ3n) is 4.52. The fourth-order valence-corrected chi connectivity index (χ4v) is 3.38. The number of hydrogen-bond acceptors (Lipinski definition) is 3. The van der Waals surface area contributed by atoms with Gasteiger partial charge in [-0.1, -0.05) is 26.2 Å². The summed E-state index contributed by atoms with van der Waals surface area (Å²) in [5.41, 5.74) is -0.360. The fourth-order valence-electron chi connectivity index (χ4n) is 3.38. The second-order valence-electron chi connectivity index (χ2n) is 5.77. The molecule has 0 amide bonds. The number of aliphatic carboxylic acids is 1. The molecular weight excluding hydrogens is 244 g/mol. The lowest BCUT2D eigenvalue weighted by Gasteiger charge is -2.36. The van der Waals surface area contributed by atoms with E-state index in [0.29, 0.717) is 18.8 Å². The van der Waals surface area contributed by atoms with E-state index in [1.807, 2.05) is 0 Å². The van der Waals surface area contributed by atoms with E-state index in [1.54, 1.807) is 6.92 Å². The van der Waals surface area contributed by atoms with Crippen LogP contribution in [0.5, 0.6) is 0 Å². The Morgan fingerprint density at radius 1 is 1.42 bits per heavy atom. The molecule has 1 aliphatic carbocycles. The summed E-state index contributed by atoms with van der Waals surface area (Å²) in [6.07, 6.45) is 6.84. The van der Waals surface area contributed by atoms with Crippen LogP contribution in [-0.4, -0.2) is 22.6 Å². The van der Waals surface area contributed by atoms with Crippen molar-refractivity contribution in [3.8, 4) is 0 Å². The Kier molecular flexibility index (Phi) is 3.97. The summed E-state index contributed by atoms with van der Waals surface area (Å²) < 4.78 is 5.43. The molecule has 0 aromatic heterocycles. The van der Waals surface area contributed by atoms with Crippen LogP contribution in [0.3, 0.4) is 0 Å². The van der Waals surface area contributed by atoms with Crippen LogP contribution in [0.25, 0.3) is 0 Å². The van der Waals surface area contributed by atoms with Crippen molar-refractivity contribution in [3.05, 3.63) is 11.1 Å². The molecule has 1 saturated carbocycles. The van der Waals surface area contributed by atoms with Crippen molar-refractivity contribution in [1.29, 1.82) is 0 Å². The molecule has 1 N–H and O–H groups in total. The Morgan fingerprint density at radius 3 is 2.58 bits per heavy atom. The highest BCUT2D eigenvalue weighted by molar-refractivity contribution is 6.04. The van der Waals surface area contributed by atoms with Crippen molar-refractivity contribution < 1.29 is 19.4 Å². The first-order valence-corrected chi connectivity index (χ1v) is 7.18. The van der Waals surface area contributed by atoms with E-state index in [9.17, 15) is 14.7 Å². The van der Waals surface area contributed by atoms with Gasteiger partial charge in [0.05, 0.1) is 5.57 Å². The van der Waals surface area contributed by atoms with Gasteiger partial charge in [0.25, 0.3) is 0 Å².